The van der Waals surface area contributed by atoms with Gasteiger partial charge in [-0.2, -0.15) is 5.10 Å². The summed E-state index contributed by atoms with van der Waals surface area (Å²) in [5.41, 5.74) is 10.4. The molecule has 0 radical (unpaired) electrons. The quantitative estimate of drug-likeness (QED) is 0.164. The van der Waals surface area contributed by atoms with E-state index in [0.717, 1.165) is 0 Å². The zero-order chi connectivity index (χ0) is 24.9. The number of rotatable bonds is 8. The maximum absolute atomic E-state index is 12.7. The average Bonchev–Trinajstić information content (AvgIpc) is 3.42. The lowest BCUT2D eigenvalue weighted by Crippen LogP contribution is -2.23. The highest BCUT2D eigenvalue weighted by Crippen LogP contribution is 2.38. The molecule has 0 fully saturated rings. The Morgan fingerprint density at radius 2 is 1.89 bits per heavy atom. The van der Waals surface area contributed by atoms with Crippen molar-refractivity contribution in [1.82, 2.24) is 25.3 Å². The summed E-state index contributed by atoms with van der Waals surface area (Å²) >= 11 is 0. The Bertz CT molecular complexity index is 1400. The van der Waals surface area contributed by atoms with Crippen molar-refractivity contribution in [3.05, 3.63) is 42.0 Å². The lowest BCUT2D eigenvalue weighted by Gasteiger charge is -2.13. The molecule has 13 nitrogen and oxygen atoms in total. The van der Waals surface area contributed by atoms with Crippen molar-refractivity contribution in [3.8, 4) is 28.8 Å². The lowest BCUT2D eigenvalue weighted by molar-refractivity contribution is -0.132. The first-order chi connectivity index (χ1) is 16.9. The van der Waals surface area contributed by atoms with Gasteiger partial charge in [0.05, 0.1) is 31.5 Å². The van der Waals surface area contributed by atoms with Crippen molar-refractivity contribution in [2.24, 2.45) is 5.10 Å². The summed E-state index contributed by atoms with van der Waals surface area (Å²) in [5, 5.41) is 11.4. The molecule has 4 rings (SSSR count). The molecule has 35 heavy (non-hydrogen) atoms. The zero-order valence-corrected chi connectivity index (χ0v) is 19.0. The van der Waals surface area contributed by atoms with E-state index in [9.17, 15) is 9.59 Å². The minimum absolute atomic E-state index is 0.0556. The summed E-state index contributed by atoms with van der Waals surface area (Å²) in [4.78, 5) is 28.6. The number of benzene rings is 2. The third-order valence-electron chi connectivity index (χ3n) is 4.81. The number of anilines is 1. The van der Waals surface area contributed by atoms with Gasteiger partial charge in [-0.1, -0.05) is 12.1 Å². The van der Waals surface area contributed by atoms with Gasteiger partial charge < -0.3 is 24.5 Å². The predicted molar refractivity (Wildman–Crippen MR) is 124 cm³/mol. The second-order valence-electron chi connectivity index (χ2n) is 7.15. The van der Waals surface area contributed by atoms with Crippen molar-refractivity contribution >= 4 is 34.9 Å². The summed E-state index contributed by atoms with van der Waals surface area (Å²) in [6.45, 7) is 1.14. The summed E-state index contributed by atoms with van der Waals surface area (Å²) in [6, 6.07) is 10.4. The third-order valence-corrected chi connectivity index (χ3v) is 4.81. The fourth-order valence-electron chi connectivity index (χ4n) is 3.34. The SMILES string of the molecule is COc1cc(/C=N/NC(=O)Cn2c(-c3nonc3N)nc3ccccc32)cc(OC)c1OC(C)=O. The van der Waals surface area contributed by atoms with E-state index < -0.39 is 11.9 Å². The summed E-state index contributed by atoms with van der Waals surface area (Å²) in [6.07, 6.45) is 1.40. The van der Waals surface area contributed by atoms with Crippen LogP contribution in [0.2, 0.25) is 0 Å². The highest BCUT2D eigenvalue weighted by Gasteiger charge is 2.20. The lowest BCUT2D eigenvalue weighted by atomic mass is 10.2. The van der Waals surface area contributed by atoms with Crippen molar-refractivity contribution in [2.45, 2.75) is 13.5 Å². The number of para-hydroxylation sites is 2. The Labute approximate surface area is 198 Å². The highest BCUT2D eigenvalue weighted by atomic mass is 16.6. The maximum atomic E-state index is 12.7. The van der Waals surface area contributed by atoms with Crippen molar-refractivity contribution in [1.29, 1.82) is 0 Å². The van der Waals surface area contributed by atoms with Crippen LogP contribution in [0.5, 0.6) is 17.2 Å². The van der Waals surface area contributed by atoms with Crippen molar-refractivity contribution < 1.29 is 28.4 Å². The normalized spacial score (nSPS) is 11.1. The topological polar surface area (TPSA) is 169 Å². The smallest absolute Gasteiger partial charge is 0.308 e. The van der Waals surface area contributed by atoms with Gasteiger partial charge in [0.1, 0.15) is 6.54 Å². The molecule has 0 aliphatic rings. The van der Waals surface area contributed by atoms with Gasteiger partial charge in [0.25, 0.3) is 5.91 Å². The van der Waals surface area contributed by atoms with Crippen LogP contribution in [0.15, 0.2) is 46.1 Å². The molecule has 2 heterocycles. The number of aromatic nitrogens is 4. The fourth-order valence-corrected chi connectivity index (χ4v) is 3.34. The number of hydrazone groups is 1. The highest BCUT2D eigenvalue weighted by molar-refractivity contribution is 5.87. The number of nitrogens with one attached hydrogen (secondary N) is 1. The molecule has 0 aliphatic heterocycles. The van der Waals surface area contributed by atoms with Gasteiger partial charge in [0.15, 0.2) is 28.8 Å². The molecule has 0 saturated heterocycles. The van der Waals surface area contributed by atoms with Gasteiger partial charge in [-0.3, -0.25) is 9.59 Å². The molecule has 0 aliphatic carbocycles. The number of imidazole rings is 1. The number of amides is 1. The molecule has 1 amide bonds. The number of ether oxygens (including phenoxy) is 3. The first-order valence-electron chi connectivity index (χ1n) is 10.2. The Balaban J connectivity index is 1.55. The molecule has 3 N–H and O–H groups in total. The molecular weight excluding hydrogens is 458 g/mol. The predicted octanol–water partition coefficient (Wildman–Crippen LogP) is 1.76. The van der Waals surface area contributed by atoms with Crippen LogP contribution in [0.4, 0.5) is 5.82 Å². The molecular formula is C22H21N7O6. The van der Waals surface area contributed by atoms with Gasteiger partial charge in [0, 0.05) is 12.5 Å². The minimum Gasteiger partial charge on any atom is -0.493 e. The van der Waals surface area contributed by atoms with Crippen molar-refractivity contribution in [3.63, 3.8) is 0 Å². The fraction of sp³-hybridized carbons (Fsp3) is 0.182. The molecule has 2 aromatic carbocycles. The number of hydrogen-bond acceptors (Lipinski definition) is 11. The molecule has 2 aromatic heterocycles. The van der Waals surface area contributed by atoms with Gasteiger partial charge in [-0.15, -0.1) is 0 Å². The van der Waals surface area contributed by atoms with Gasteiger partial charge in [-0.05, 0) is 34.6 Å². The van der Waals surface area contributed by atoms with E-state index >= 15 is 0 Å². The molecule has 0 saturated carbocycles. The number of nitrogens with two attached hydrogens (primary N) is 1. The van der Waals surface area contributed by atoms with Crippen LogP contribution in [-0.2, 0) is 16.1 Å². The first kappa shape index (κ1) is 23.2. The van der Waals surface area contributed by atoms with Crippen LogP contribution < -0.4 is 25.4 Å². The third kappa shape index (κ3) is 4.88. The van der Waals surface area contributed by atoms with Crippen LogP contribution in [0.3, 0.4) is 0 Å². The number of nitrogen functional groups attached to an aromatic ring is 1. The summed E-state index contributed by atoms with van der Waals surface area (Å²) in [7, 11) is 2.85. The summed E-state index contributed by atoms with van der Waals surface area (Å²) in [5.74, 6) is 0.104. The van der Waals surface area contributed by atoms with E-state index in [1.165, 1.54) is 27.4 Å². The van der Waals surface area contributed by atoms with E-state index in [0.29, 0.717) is 22.4 Å². The molecule has 0 atom stereocenters. The van der Waals surface area contributed by atoms with Crippen molar-refractivity contribution in [2.75, 3.05) is 20.0 Å². The molecule has 180 valence electrons. The average molecular weight is 479 g/mol. The number of carbonyl (C=O) groups is 2. The molecule has 0 unspecified atom stereocenters. The van der Waals surface area contributed by atoms with Gasteiger partial charge >= 0.3 is 5.97 Å². The molecule has 0 bridgehead atoms. The maximum Gasteiger partial charge on any atom is 0.308 e. The largest absolute Gasteiger partial charge is 0.493 e. The van der Waals surface area contributed by atoms with Gasteiger partial charge in [0.2, 0.25) is 5.75 Å². The Kier molecular flexibility index (Phi) is 6.57. The second kappa shape index (κ2) is 9.91. The number of fused-ring (bicyclic) bond motifs is 1. The minimum atomic E-state index is -0.523. The zero-order valence-electron chi connectivity index (χ0n) is 19.0. The van der Waals surface area contributed by atoms with E-state index in [1.54, 1.807) is 22.8 Å². The monoisotopic (exact) mass is 479 g/mol. The number of carbonyl (C=O) groups excluding carboxylic acids is 2. The summed E-state index contributed by atoms with van der Waals surface area (Å²) < 4.78 is 22.0. The first-order valence-corrected chi connectivity index (χ1v) is 10.2. The number of hydrogen-bond donors (Lipinski definition) is 2. The van der Waals surface area contributed by atoms with E-state index in [4.69, 9.17) is 19.9 Å². The Morgan fingerprint density at radius 3 is 2.51 bits per heavy atom. The van der Waals surface area contributed by atoms with E-state index in [1.807, 2.05) is 18.2 Å². The van der Waals surface area contributed by atoms with Crippen LogP contribution in [-0.4, -0.2) is 52.2 Å². The Morgan fingerprint density at radius 1 is 1.17 bits per heavy atom. The second-order valence-corrected chi connectivity index (χ2v) is 7.15. The van der Waals surface area contributed by atoms with E-state index in [-0.39, 0.29) is 35.3 Å². The van der Waals surface area contributed by atoms with Gasteiger partial charge in [-0.25, -0.2) is 15.0 Å². The van der Waals surface area contributed by atoms with Crippen LogP contribution >= 0.6 is 0 Å². The molecule has 0 spiro atoms. The molecule has 13 heteroatoms. The molecule has 4 aromatic rings. The van der Waals surface area contributed by atoms with Crippen LogP contribution in [0, 0.1) is 0 Å². The van der Waals surface area contributed by atoms with Crippen LogP contribution in [0.1, 0.15) is 12.5 Å². The number of esters is 1. The van der Waals surface area contributed by atoms with Crippen LogP contribution in [0.25, 0.3) is 22.6 Å². The van der Waals surface area contributed by atoms with E-state index in [2.05, 4.69) is 30.5 Å². The number of methoxy groups -OCH3 is 2. The standard InChI is InChI=1S/C22H21N7O6/c1-12(30)34-20-16(32-2)8-13(9-17(20)33-3)10-24-26-18(31)11-29-15-7-5-4-6-14(15)25-22(29)19-21(23)28-35-27-19/h4-10H,11H2,1-3H3,(H2,23,28)(H,26,31)/b24-10+. The number of nitrogens with zero attached hydrogens (tertiary/aromatic N) is 5. The Hall–Kier alpha value is -4.94.